The Morgan fingerprint density at radius 3 is 1.26 bits per heavy atom. The maximum atomic E-state index is 10.9. The predicted molar refractivity (Wildman–Crippen MR) is 115 cm³/mol. The molecule has 2 aromatic rings. The molecule has 0 aliphatic rings. The Hall–Kier alpha value is -3.49. The normalized spacial score (nSPS) is 9.58. The Kier molecular flexibility index (Phi) is 10.1. The van der Waals surface area contributed by atoms with E-state index in [4.69, 9.17) is 37.9 Å². The molecule has 0 atom stereocenters. The van der Waals surface area contributed by atoms with E-state index in [1.165, 1.54) is 34.5 Å². The molecule has 0 aromatic heterocycles. The van der Waals surface area contributed by atoms with Crippen molar-refractivity contribution >= 4 is 6.29 Å². The van der Waals surface area contributed by atoms with Gasteiger partial charge in [-0.25, -0.2) is 0 Å². The molecule has 0 amide bonds. The zero-order valence-electron chi connectivity index (χ0n) is 19.4. The monoisotopic (exact) mass is 438 g/mol. The van der Waals surface area contributed by atoms with Crippen LogP contribution >= 0.6 is 0 Å². The van der Waals surface area contributed by atoms with E-state index >= 15 is 0 Å². The lowest BCUT2D eigenvalue weighted by Crippen LogP contribution is -2.00. The van der Waals surface area contributed by atoms with Crippen LogP contribution < -0.4 is 37.9 Å². The SMILES string of the molecule is COc1cc(C)c(OC)c(OC)c1OC.COc1cc(C=O)c(OC)c(OC)c1OC. The van der Waals surface area contributed by atoms with Crippen molar-refractivity contribution in [2.75, 3.05) is 56.9 Å². The van der Waals surface area contributed by atoms with Gasteiger partial charge in [0.05, 0.1) is 62.4 Å². The number of aldehydes is 1. The molecule has 0 fully saturated rings. The lowest BCUT2D eigenvalue weighted by molar-refractivity contribution is 0.111. The van der Waals surface area contributed by atoms with Crippen molar-refractivity contribution in [2.45, 2.75) is 6.92 Å². The maximum absolute atomic E-state index is 10.9. The van der Waals surface area contributed by atoms with E-state index in [9.17, 15) is 4.79 Å². The van der Waals surface area contributed by atoms with Gasteiger partial charge < -0.3 is 37.9 Å². The summed E-state index contributed by atoms with van der Waals surface area (Å²) in [6.45, 7) is 1.92. The molecule has 0 N–H and O–H groups in total. The summed E-state index contributed by atoms with van der Waals surface area (Å²) in [6.07, 6.45) is 0.670. The number of rotatable bonds is 9. The van der Waals surface area contributed by atoms with Crippen LogP contribution in [0.3, 0.4) is 0 Å². The average molecular weight is 438 g/mol. The fourth-order valence-corrected chi connectivity index (χ4v) is 2.95. The topological polar surface area (TPSA) is 90.9 Å². The summed E-state index contributed by atoms with van der Waals surface area (Å²) in [5, 5.41) is 0. The van der Waals surface area contributed by atoms with E-state index in [0.717, 1.165) is 5.56 Å². The van der Waals surface area contributed by atoms with Crippen molar-refractivity contribution in [1.29, 1.82) is 0 Å². The Bertz CT molecular complexity index is 878. The molecule has 9 nitrogen and oxygen atoms in total. The largest absolute Gasteiger partial charge is 0.493 e. The zero-order valence-corrected chi connectivity index (χ0v) is 19.4. The second-order valence-electron chi connectivity index (χ2n) is 5.88. The van der Waals surface area contributed by atoms with Crippen LogP contribution in [0.1, 0.15) is 15.9 Å². The van der Waals surface area contributed by atoms with E-state index in [0.29, 0.717) is 57.8 Å². The molecular formula is C22H30O9. The van der Waals surface area contributed by atoms with Gasteiger partial charge in [0, 0.05) is 0 Å². The number of ether oxygens (including phenoxy) is 8. The van der Waals surface area contributed by atoms with E-state index in [1.54, 1.807) is 28.4 Å². The number of methoxy groups -OCH3 is 8. The molecule has 0 saturated heterocycles. The van der Waals surface area contributed by atoms with Gasteiger partial charge in [0.25, 0.3) is 0 Å². The van der Waals surface area contributed by atoms with Crippen molar-refractivity contribution in [3.8, 4) is 46.0 Å². The van der Waals surface area contributed by atoms with Crippen LogP contribution in [0.25, 0.3) is 0 Å². The van der Waals surface area contributed by atoms with Crippen molar-refractivity contribution in [3.63, 3.8) is 0 Å². The van der Waals surface area contributed by atoms with E-state index in [1.807, 2.05) is 13.0 Å². The average Bonchev–Trinajstić information content (AvgIpc) is 2.81. The third-order valence-corrected chi connectivity index (χ3v) is 4.32. The molecule has 2 aromatic carbocycles. The van der Waals surface area contributed by atoms with Crippen molar-refractivity contribution in [2.24, 2.45) is 0 Å². The summed E-state index contributed by atoms with van der Waals surface area (Å²) in [4.78, 5) is 10.9. The van der Waals surface area contributed by atoms with Crippen molar-refractivity contribution < 1.29 is 42.7 Å². The molecule has 0 radical (unpaired) electrons. The predicted octanol–water partition coefficient (Wildman–Crippen LogP) is 3.56. The van der Waals surface area contributed by atoms with Crippen LogP contribution in [-0.4, -0.2) is 63.2 Å². The highest BCUT2D eigenvalue weighted by molar-refractivity contribution is 5.84. The van der Waals surface area contributed by atoms with Gasteiger partial charge in [0.1, 0.15) is 0 Å². The fourth-order valence-electron chi connectivity index (χ4n) is 2.95. The number of aryl methyl sites for hydroxylation is 1. The standard InChI is InChI=1S/C11H14O5.C11H16O4/c1-13-8-5-7(6-12)9(14-2)11(16-4)10(8)15-3;1-7-6-8(12-2)10(14-4)11(15-5)9(7)13-3/h5-6H,1-4H3;6H,1-5H3. The lowest BCUT2D eigenvalue weighted by atomic mass is 10.1. The highest BCUT2D eigenvalue weighted by Gasteiger charge is 2.21. The third kappa shape index (κ3) is 5.36. The number of carbonyl (C=O) groups is 1. The first-order chi connectivity index (χ1) is 14.9. The van der Waals surface area contributed by atoms with Gasteiger partial charge in [-0.1, -0.05) is 0 Å². The summed E-state index contributed by atoms with van der Waals surface area (Å²) in [5.41, 5.74) is 1.28. The van der Waals surface area contributed by atoms with Gasteiger partial charge >= 0.3 is 0 Å². The van der Waals surface area contributed by atoms with Crippen LogP contribution in [-0.2, 0) is 0 Å². The van der Waals surface area contributed by atoms with Crippen LogP contribution in [0, 0.1) is 6.92 Å². The van der Waals surface area contributed by atoms with Gasteiger partial charge in [-0.05, 0) is 24.6 Å². The molecule has 0 bridgehead atoms. The molecule has 0 heterocycles. The number of benzene rings is 2. The first kappa shape index (κ1) is 25.5. The van der Waals surface area contributed by atoms with Crippen molar-refractivity contribution in [1.82, 2.24) is 0 Å². The molecule has 9 heteroatoms. The number of carbonyl (C=O) groups excluding carboxylic acids is 1. The summed E-state index contributed by atoms with van der Waals surface area (Å²) in [6, 6.07) is 3.38. The van der Waals surface area contributed by atoms with Gasteiger partial charge in [0.2, 0.25) is 23.0 Å². The van der Waals surface area contributed by atoms with Crippen LogP contribution in [0.15, 0.2) is 12.1 Å². The molecule has 31 heavy (non-hydrogen) atoms. The summed E-state index contributed by atoms with van der Waals surface area (Å²) < 4.78 is 41.4. The first-order valence-electron chi connectivity index (χ1n) is 9.08. The third-order valence-electron chi connectivity index (χ3n) is 4.32. The minimum atomic E-state index is 0.329. The second kappa shape index (κ2) is 12.3. The van der Waals surface area contributed by atoms with Gasteiger partial charge in [-0.2, -0.15) is 0 Å². The molecule has 0 aliphatic carbocycles. The molecule has 0 spiro atoms. The van der Waals surface area contributed by atoms with E-state index < -0.39 is 0 Å². The Labute approximate surface area is 182 Å². The number of hydrogen-bond acceptors (Lipinski definition) is 9. The molecule has 0 saturated carbocycles. The van der Waals surface area contributed by atoms with E-state index in [-0.39, 0.29) is 0 Å². The van der Waals surface area contributed by atoms with E-state index in [2.05, 4.69) is 0 Å². The molecule has 2 rings (SSSR count). The molecule has 0 unspecified atom stereocenters. The zero-order chi connectivity index (χ0) is 23.6. The van der Waals surface area contributed by atoms with Crippen molar-refractivity contribution in [3.05, 3.63) is 23.3 Å². The van der Waals surface area contributed by atoms with Crippen LogP contribution in [0.4, 0.5) is 0 Å². The Morgan fingerprint density at radius 1 is 0.516 bits per heavy atom. The second-order valence-corrected chi connectivity index (χ2v) is 5.88. The molecule has 0 aliphatic heterocycles. The smallest absolute Gasteiger partial charge is 0.208 e. The van der Waals surface area contributed by atoms with Crippen LogP contribution in [0.5, 0.6) is 46.0 Å². The Morgan fingerprint density at radius 2 is 0.903 bits per heavy atom. The minimum absolute atomic E-state index is 0.329. The summed E-state index contributed by atoms with van der Waals surface area (Å²) >= 11 is 0. The summed E-state index contributed by atoms with van der Waals surface area (Å²) in [5.74, 6) is 3.87. The molecule has 172 valence electrons. The first-order valence-corrected chi connectivity index (χ1v) is 9.08. The van der Waals surface area contributed by atoms with Gasteiger partial charge in [0.15, 0.2) is 29.3 Å². The van der Waals surface area contributed by atoms with Gasteiger partial charge in [-0.15, -0.1) is 0 Å². The Balaban J connectivity index is 0.000000311. The fraction of sp³-hybridized carbons (Fsp3) is 0.409. The summed E-state index contributed by atoms with van der Waals surface area (Å²) in [7, 11) is 12.2. The maximum Gasteiger partial charge on any atom is 0.208 e. The highest BCUT2D eigenvalue weighted by atomic mass is 16.6. The molecular weight excluding hydrogens is 408 g/mol. The quantitative estimate of drug-likeness (QED) is 0.545. The van der Waals surface area contributed by atoms with Crippen LogP contribution in [0.2, 0.25) is 0 Å². The minimum Gasteiger partial charge on any atom is -0.493 e. The highest BCUT2D eigenvalue weighted by Crippen LogP contribution is 2.47. The number of hydrogen-bond donors (Lipinski definition) is 0. The van der Waals surface area contributed by atoms with Gasteiger partial charge in [-0.3, -0.25) is 4.79 Å². The lowest BCUT2D eigenvalue weighted by Gasteiger charge is -2.16.